The second-order valence-corrected chi connectivity index (χ2v) is 8.92. The van der Waals surface area contributed by atoms with E-state index in [4.69, 9.17) is 42.6 Å². The lowest BCUT2D eigenvalue weighted by Crippen LogP contribution is -2.27. The van der Waals surface area contributed by atoms with Crippen molar-refractivity contribution in [2.45, 2.75) is 45.3 Å². The molecule has 1 heterocycles. The average Bonchev–Trinajstić information content (AvgIpc) is 3.16. The van der Waals surface area contributed by atoms with Crippen molar-refractivity contribution < 1.29 is 9.47 Å². The molecule has 7 heteroatoms. The van der Waals surface area contributed by atoms with Crippen LogP contribution in [0.4, 0.5) is 5.82 Å². The Hall–Kier alpha value is -2.18. The highest BCUT2D eigenvalue weighted by atomic mass is 35.5. The Kier molecular flexibility index (Phi) is 7.86. The summed E-state index contributed by atoms with van der Waals surface area (Å²) in [4.78, 5) is 10.0. The molecule has 0 aliphatic heterocycles. The molecule has 2 aromatic carbocycles. The summed E-state index contributed by atoms with van der Waals surface area (Å²) in [5, 5.41) is 4.85. The van der Waals surface area contributed by atoms with Gasteiger partial charge in [0.1, 0.15) is 5.82 Å². The molecule has 0 saturated heterocycles. The first-order valence-electron chi connectivity index (χ1n) is 11.4. The van der Waals surface area contributed by atoms with Gasteiger partial charge >= 0.3 is 0 Å². The number of fused-ring (bicyclic) bond motifs is 1. The highest BCUT2D eigenvalue weighted by Gasteiger charge is 2.34. The maximum Gasteiger partial charge on any atom is 0.148 e. The Morgan fingerprint density at radius 3 is 2.52 bits per heavy atom. The minimum absolute atomic E-state index is 0.000446. The summed E-state index contributed by atoms with van der Waals surface area (Å²) in [6, 6.07) is 14.0. The van der Waals surface area contributed by atoms with E-state index in [1.807, 2.05) is 12.1 Å². The molecule has 2 unspecified atom stereocenters. The summed E-state index contributed by atoms with van der Waals surface area (Å²) in [6.45, 7) is 5.28. The van der Waals surface area contributed by atoms with E-state index in [1.165, 1.54) is 11.1 Å². The van der Waals surface area contributed by atoms with Gasteiger partial charge in [-0.05, 0) is 42.2 Å². The summed E-state index contributed by atoms with van der Waals surface area (Å²) < 4.78 is 11.4. The summed E-state index contributed by atoms with van der Waals surface area (Å²) >= 11 is 12.6. The highest BCUT2D eigenvalue weighted by Crippen LogP contribution is 2.37. The van der Waals surface area contributed by atoms with E-state index in [-0.39, 0.29) is 12.1 Å². The summed E-state index contributed by atoms with van der Waals surface area (Å²) in [7, 11) is 1.69. The summed E-state index contributed by atoms with van der Waals surface area (Å²) in [6.07, 6.45) is 2.32. The minimum atomic E-state index is -0.00710. The Balaban J connectivity index is 1.70. The quantitative estimate of drug-likeness (QED) is 0.359. The number of hydrogen-bond acceptors (Lipinski definition) is 5. The van der Waals surface area contributed by atoms with Crippen LogP contribution in [0.2, 0.25) is 10.0 Å². The fourth-order valence-electron chi connectivity index (χ4n) is 4.32. The largest absolute Gasteiger partial charge is 0.382 e. The number of anilines is 1. The van der Waals surface area contributed by atoms with E-state index in [9.17, 15) is 0 Å². The van der Waals surface area contributed by atoms with Crippen molar-refractivity contribution >= 4 is 29.0 Å². The molecule has 5 nitrogen and oxygen atoms in total. The van der Waals surface area contributed by atoms with E-state index in [1.54, 1.807) is 13.2 Å². The van der Waals surface area contributed by atoms with Gasteiger partial charge in [0.15, 0.2) is 0 Å². The van der Waals surface area contributed by atoms with Crippen molar-refractivity contribution in [3.8, 4) is 11.3 Å². The first-order valence-corrected chi connectivity index (χ1v) is 12.1. The zero-order chi connectivity index (χ0) is 23.4. The predicted octanol–water partition coefficient (Wildman–Crippen LogP) is 6.32. The lowest BCUT2D eigenvalue weighted by molar-refractivity contribution is 0.0136. The SMILES string of the molecule is CCc1nc(-c2ccc(Cl)cc2Cl)c(CC)nc1NC1c2ccccc2CC1OCCOC. The number of aryl methyl sites for hydroxylation is 2. The van der Waals surface area contributed by atoms with Crippen LogP contribution in [-0.4, -0.2) is 36.4 Å². The van der Waals surface area contributed by atoms with Gasteiger partial charge in [-0.15, -0.1) is 0 Å². The lowest BCUT2D eigenvalue weighted by Gasteiger charge is -2.24. The Morgan fingerprint density at radius 1 is 1.00 bits per heavy atom. The third-order valence-corrected chi connectivity index (χ3v) is 6.54. The number of rotatable bonds is 9. The van der Waals surface area contributed by atoms with E-state index in [0.29, 0.717) is 23.3 Å². The molecular formula is C26H29Cl2N3O2. The minimum Gasteiger partial charge on any atom is -0.382 e. The number of nitrogens with zero attached hydrogens (tertiary/aromatic N) is 2. The fourth-order valence-corrected chi connectivity index (χ4v) is 4.82. The van der Waals surface area contributed by atoms with Crippen molar-refractivity contribution in [3.63, 3.8) is 0 Å². The number of halogens is 2. The number of aromatic nitrogens is 2. The molecule has 3 aromatic rings. The highest BCUT2D eigenvalue weighted by molar-refractivity contribution is 6.36. The van der Waals surface area contributed by atoms with Gasteiger partial charge in [-0.25, -0.2) is 9.97 Å². The molecule has 2 atom stereocenters. The first-order chi connectivity index (χ1) is 16.0. The molecule has 0 fully saturated rings. The molecule has 4 rings (SSSR count). The first kappa shape index (κ1) is 24.0. The Labute approximate surface area is 205 Å². The maximum absolute atomic E-state index is 6.51. The molecule has 1 aromatic heterocycles. The van der Waals surface area contributed by atoms with Gasteiger partial charge in [0.05, 0.1) is 47.5 Å². The molecule has 0 radical (unpaired) electrons. The molecular weight excluding hydrogens is 457 g/mol. The van der Waals surface area contributed by atoms with Crippen LogP contribution in [0, 0.1) is 0 Å². The number of methoxy groups -OCH3 is 1. The maximum atomic E-state index is 6.51. The normalized spacial score (nSPS) is 17.2. The van der Waals surface area contributed by atoms with Gasteiger partial charge in [0.2, 0.25) is 0 Å². The second-order valence-electron chi connectivity index (χ2n) is 8.07. The van der Waals surface area contributed by atoms with Gasteiger partial charge < -0.3 is 14.8 Å². The van der Waals surface area contributed by atoms with E-state index >= 15 is 0 Å². The van der Waals surface area contributed by atoms with Crippen LogP contribution in [0.5, 0.6) is 0 Å². The molecule has 33 heavy (non-hydrogen) atoms. The molecule has 174 valence electrons. The smallest absolute Gasteiger partial charge is 0.148 e. The third kappa shape index (κ3) is 5.17. The van der Waals surface area contributed by atoms with Crippen LogP contribution in [-0.2, 0) is 28.7 Å². The van der Waals surface area contributed by atoms with Crippen LogP contribution in [0.15, 0.2) is 42.5 Å². The topological polar surface area (TPSA) is 56.3 Å². The van der Waals surface area contributed by atoms with Gasteiger partial charge in [0, 0.05) is 24.1 Å². The molecule has 0 spiro atoms. The third-order valence-electron chi connectivity index (χ3n) is 5.99. The molecule has 1 aliphatic rings. The predicted molar refractivity (Wildman–Crippen MR) is 134 cm³/mol. The Bertz CT molecular complexity index is 1120. The molecule has 0 saturated carbocycles. The molecule has 1 aliphatic carbocycles. The molecule has 0 bridgehead atoms. The summed E-state index contributed by atoms with van der Waals surface area (Å²) in [5.74, 6) is 0.797. The van der Waals surface area contributed by atoms with Crippen molar-refractivity contribution in [1.82, 2.24) is 9.97 Å². The van der Waals surface area contributed by atoms with Crippen LogP contribution >= 0.6 is 23.2 Å². The zero-order valence-electron chi connectivity index (χ0n) is 19.2. The molecule has 0 amide bonds. The standard InChI is InChI=1S/C26H29Cl2N3O2/c1-4-21-24(19-11-10-17(27)15-20(19)28)29-22(5-2)26(30-21)31-25-18-9-7-6-8-16(18)14-23(25)33-13-12-32-3/h6-11,15,23,25H,4-5,12-14H2,1-3H3,(H,30,31). The van der Waals surface area contributed by atoms with E-state index in [0.717, 1.165) is 47.7 Å². The average molecular weight is 486 g/mol. The van der Waals surface area contributed by atoms with Gasteiger partial charge in [0.25, 0.3) is 0 Å². The second kappa shape index (κ2) is 10.8. The van der Waals surface area contributed by atoms with Crippen molar-refractivity contribution in [2.75, 3.05) is 25.6 Å². The number of nitrogens with one attached hydrogen (secondary N) is 1. The van der Waals surface area contributed by atoms with Gasteiger partial charge in [-0.2, -0.15) is 0 Å². The van der Waals surface area contributed by atoms with Crippen molar-refractivity contribution in [1.29, 1.82) is 0 Å². The van der Waals surface area contributed by atoms with E-state index in [2.05, 4.69) is 43.4 Å². The van der Waals surface area contributed by atoms with Crippen molar-refractivity contribution in [2.24, 2.45) is 0 Å². The van der Waals surface area contributed by atoms with Crippen LogP contribution in [0.3, 0.4) is 0 Å². The van der Waals surface area contributed by atoms with Crippen LogP contribution in [0.1, 0.15) is 42.4 Å². The van der Waals surface area contributed by atoms with Gasteiger partial charge in [-0.3, -0.25) is 0 Å². The van der Waals surface area contributed by atoms with E-state index < -0.39 is 0 Å². The van der Waals surface area contributed by atoms with Crippen LogP contribution < -0.4 is 5.32 Å². The zero-order valence-corrected chi connectivity index (χ0v) is 20.7. The number of ether oxygens (including phenoxy) is 2. The molecule has 1 N–H and O–H groups in total. The monoisotopic (exact) mass is 485 g/mol. The summed E-state index contributed by atoms with van der Waals surface area (Å²) in [5.41, 5.74) is 5.98. The fraction of sp³-hybridized carbons (Fsp3) is 0.385. The lowest BCUT2D eigenvalue weighted by atomic mass is 10.1. The number of benzene rings is 2. The Morgan fingerprint density at radius 2 is 1.79 bits per heavy atom. The number of hydrogen-bond donors (Lipinski definition) is 1. The van der Waals surface area contributed by atoms with Crippen molar-refractivity contribution in [3.05, 3.63) is 75.0 Å². The van der Waals surface area contributed by atoms with Gasteiger partial charge in [-0.1, -0.05) is 61.3 Å². The van der Waals surface area contributed by atoms with Crippen LogP contribution in [0.25, 0.3) is 11.3 Å².